The zero-order valence-corrected chi connectivity index (χ0v) is 20.1. The summed E-state index contributed by atoms with van der Waals surface area (Å²) in [6.45, 7) is 1.98. The van der Waals surface area contributed by atoms with Gasteiger partial charge in [-0.2, -0.15) is 13.2 Å². The van der Waals surface area contributed by atoms with Gasteiger partial charge in [0.05, 0.1) is 42.0 Å². The smallest absolute Gasteiger partial charge is 0.416 e. The number of anilines is 1. The number of imidazole rings is 1. The van der Waals surface area contributed by atoms with Crippen LogP contribution in [0.25, 0.3) is 22.4 Å². The van der Waals surface area contributed by atoms with E-state index in [1.165, 1.54) is 13.2 Å². The maximum absolute atomic E-state index is 13.0. The summed E-state index contributed by atoms with van der Waals surface area (Å²) >= 11 is 0. The minimum absolute atomic E-state index is 0.106. The molecule has 1 fully saturated rings. The molecule has 2 aromatic heterocycles. The normalized spacial score (nSPS) is 14.8. The lowest BCUT2D eigenvalue weighted by Gasteiger charge is -2.32. The molecule has 0 saturated carbocycles. The van der Waals surface area contributed by atoms with Crippen molar-refractivity contribution in [2.75, 3.05) is 25.1 Å². The second-order valence-corrected chi connectivity index (χ2v) is 8.91. The van der Waals surface area contributed by atoms with E-state index in [2.05, 4.69) is 19.9 Å². The van der Waals surface area contributed by atoms with Crippen LogP contribution in [-0.2, 0) is 22.3 Å². The number of rotatable bonds is 6. The highest BCUT2D eigenvalue weighted by atomic mass is 19.4. The molecule has 0 bridgehead atoms. The molecule has 3 heterocycles. The molecule has 1 saturated heterocycles. The van der Waals surface area contributed by atoms with Crippen molar-refractivity contribution in [2.24, 2.45) is 0 Å². The highest BCUT2D eigenvalue weighted by Gasteiger charge is 2.30. The predicted octanol–water partition coefficient (Wildman–Crippen LogP) is 5.62. The SMILES string of the molecule is COC(=O)c1cccc(COC2CCN(c3ccc(-c4nc5ccc(C(F)(F)F)cc5[nH]4)cn3)CC2)c1. The Labute approximate surface area is 211 Å². The summed E-state index contributed by atoms with van der Waals surface area (Å²) in [5.41, 5.74) is 2.19. The van der Waals surface area contributed by atoms with Crippen molar-refractivity contribution in [1.29, 1.82) is 0 Å². The maximum atomic E-state index is 13.0. The molecule has 0 radical (unpaired) electrons. The number of benzene rings is 2. The van der Waals surface area contributed by atoms with Gasteiger partial charge in [0.2, 0.25) is 0 Å². The summed E-state index contributed by atoms with van der Waals surface area (Å²) in [7, 11) is 1.36. The summed E-state index contributed by atoms with van der Waals surface area (Å²) in [5.74, 6) is 0.921. The van der Waals surface area contributed by atoms with Crippen LogP contribution in [0.3, 0.4) is 0 Å². The number of fused-ring (bicyclic) bond motifs is 1. The summed E-state index contributed by atoms with van der Waals surface area (Å²) in [4.78, 5) is 25.8. The largest absolute Gasteiger partial charge is 0.465 e. The number of carbonyl (C=O) groups is 1. The average Bonchev–Trinajstić information content (AvgIpc) is 3.35. The first-order chi connectivity index (χ1) is 17.8. The van der Waals surface area contributed by atoms with E-state index in [0.29, 0.717) is 34.6 Å². The number of H-pyrrole nitrogens is 1. The fourth-order valence-corrected chi connectivity index (χ4v) is 4.41. The molecule has 0 atom stereocenters. The molecule has 5 rings (SSSR count). The summed E-state index contributed by atoms with van der Waals surface area (Å²) in [6, 6.07) is 14.4. The van der Waals surface area contributed by atoms with Crippen molar-refractivity contribution in [3.05, 3.63) is 77.5 Å². The van der Waals surface area contributed by atoms with Gasteiger partial charge in [0.25, 0.3) is 0 Å². The van der Waals surface area contributed by atoms with E-state index in [1.807, 2.05) is 24.3 Å². The van der Waals surface area contributed by atoms with E-state index < -0.39 is 11.7 Å². The van der Waals surface area contributed by atoms with Gasteiger partial charge in [-0.25, -0.2) is 14.8 Å². The van der Waals surface area contributed by atoms with Crippen LogP contribution in [0.4, 0.5) is 19.0 Å². The van der Waals surface area contributed by atoms with Crippen LogP contribution in [0.2, 0.25) is 0 Å². The molecule has 0 aliphatic carbocycles. The average molecular weight is 511 g/mol. The molecule has 1 aliphatic heterocycles. The molecular weight excluding hydrogens is 485 g/mol. The van der Waals surface area contributed by atoms with Crippen molar-refractivity contribution >= 4 is 22.8 Å². The number of aromatic nitrogens is 3. The number of esters is 1. The van der Waals surface area contributed by atoms with Crippen LogP contribution in [0.15, 0.2) is 60.8 Å². The van der Waals surface area contributed by atoms with Gasteiger partial charge in [-0.1, -0.05) is 12.1 Å². The Morgan fingerprint density at radius 3 is 2.62 bits per heavy atom. The molecule has 0 spiro atoms. The Balaban J connectivity index is 1.17. The molecule has 2 aromatic carbocycles. The molecule has 1 N–H and O–H groups in total. The third kappa shape index (κ3) is 5.59. The topological polar surface area (TPSA) is 80.3 Å². The van der Waals surface area contributed by atoms with E-state index in [1.54, 1.807) is 18.3 Å². The molecular formula is C27H25F3N4O3. The van der Waals surface area contributed by atoms with E-state index >= 15 is 0 Å². The molecule has 7 nitrogen and oxygen atoms in total. The lowest BCUT2D eigenvalue weighted by molar-refractivity contribution is -0.137. The van der Waals surface area contributed by atoms with Crippen molar-refractivity contribution in [1.82, 2.24) is 15.0 Å². The predicted molar refractivity (Wildman–Crippen MR) is 132 cm³/mol. The first-order valence-electron chi connectivity index (χ1n) is 11.9. The molecule has 0 amide bonds. The van der Waals surface area contributed by atoms with Crippen molar-refractivity contribution in [3.63, 3.8) is 0 Å². The van der Waals surface area contributed by atoms with Gasteiger partial charge in [0.15, 0.2) is 0 Å². The summed E-state index contributed by atoms with van der Waals surface area (Å²) < 4.78 is 49.8. The first kappa shape index (κ1) is 24.8. The van der Waals surface area contributed by atoms with Gasteiger partial charge in [-0.05, 0) is 60.9 Å². The second kappa shape index (κ2) is 10.2. The van der Waals surface area contributed by atoms with Crippen LogP contribution >= 0.6 is 0 Å². The molecule has 4 aromatic rings. The van der Waals surface area contributed by atoms with Crippen molar-refractivity contribution in [2.45, 2.75) is 31.7 Å². The van der Waals surface area contributed by atoms with E-state index in [-0.39, 0.29) is 12.1 Å². The minimum atomic E-state index is -4.41. The number of methoxy groups -OCH3 is 1. The Morgan fingerprint density at radius 2 is 1.92 bits per heavy atom. The zero-order chi connectivity index (χ0) is 26.0. The van der Waals surface area contributed by atoms with E-state index in [0.717, 1.165) is 49.4 Å². The molecule has 0 unspecified atom stereocenters. The molecule has 37 heavy (non-hydrogen) atoms. The van der Waals surface area contributed by atoms with Crippen LogP contribution in [0.1, 0.15) is 34.3 Å². The fourth-order valence-electron chi connectivity index (χ4n) is 4.41. The quantitative estimate of drug-likeness (QED) is 0.340. The van der Waals surface area contributed by atoms with Crippen LogP contribution < -0.4 is 4.90 Å². The third-order valence-electron chi connectivity index (χ3n) is 6.43. The van der Waals surface area contributed by atoms with Gasteiger partial charge >= 0.3 is 12.1 Å². The third-order valence-corrected chi connectivity index (χ3v) is 6.43. The standard InChI is InChI=1S/C27H25F3N4O3/c1-36-26(35)18-4-2-3-17(13-18)16-37-21-9-11-34(12-10-21)24-8-5-19(15-31-24)25-32-22-7-6-20(27(28,29)30)14-23(22)33-25/h2-8,13-15,21H,9-12,16H2,1H3,(H,32,33). The number of halogens is 3. The van der Waals surface area contributed by atoms with Crippen LogP contribution in [-0.4, -0.2) is 47.2 Å². The molecule has 1 aliphatic rings. The molecule has 192 valence electrons. The first-order valence-corrected chi connectivity index (χ1v) is 11.9. The van der Waals surface area contributed by atoms with Gasteiger partial charge in [-0.15, -0.1) is 0 Å². The second-order valence-electron chi connectivity index (χ2n) is 8.91. The van der Waals surface area contributed by atoms with Gasteiger partial charge in [0.1, 0.15) is 11.6 Å². The highest BCUT2D eigenvalue weighted by molar-refractivity contribution is 5.89. The lowest BCUT2D eigenvalue weighted by Crippen LogP contribution is -2.37. The van der Waals surface area contributed by atoms with Crippen LogP contribution in [0, 0.1) is 0 Å². The summed E-state index contributed by atoms with van der Waals surface area (Å²) in [5, 5.41) is 0. The number of pyridine rings is 1. The Morgan fingerprint density at radius 1 is 1.11 bits per heavy atom. The van der Waals surface area contributed by atoms with Gasteiger partial charge < -0.3 is 19.4 Å². The van der Waals surface area contributed by atoms with Crippen LogP contribution in [0.5, 0.6) is 0 Å². The van der Waals surface area contributed by atoms with E-state index in [4.69, 9.17) is 9.47 Å². The fraction of sp³-hybridized carbons (Fsp3) is 0.296. The number of ether oxygens (including phenoxy) is 2. The maximum Gasteiger partial charge on any atom is 0.416 e. The number of piperidine rings is 1. The number of hydrogen-bond acceptors (Lipinski definition) is 6. The number of nitrogens with zero attached hydrogens (tertiary/aromatic N) is 3. The van der Waals surface area contributed by atoms with Crippen molar-refractivity contribution in [3.8, 4) is 11.4 Å². The summed E-state index contributed by atoms with van der Waals surface area (Å²) in [6.07, 6.45) is -0.948. The number of carbonyl (C=O) groups excluding carboxylic acids is 1. The Bertz CT molecular complexity index is 1390. The number of hydrogen-bond donors (Lipinski definition) is 1. The van der Waals surface area contributed by atoms with Crippen molar-refractivity contribution < 1.29 is 27.4 Å². The van der Waals surface area contributed by atoms with E-state index in [9.17, 15) is 18.0 Å². The van der Waals surface area contributed by atoms with Gasteiger partial charge in [0, 0.05) is 24.8 Å². The van der Waals surface area contributed by atoms with Gasteiger partial charge in [-0.3, -0.25) is 0 Å². The number of nitrogens with one attached hydrogen (secondary N) is 1. The molecule has 10 heteroatoms. The zero-order valence-electron chi connectivity index (χ0n) is 20.1. The Kier molecular flexibility index (Phi) is 6.84. The minimum Gasteiger partial charge on any atom is -0.465 e. The number of alkyl halides is 3. The number of aromatic amines is 1. The monoisotopic (exact) mass is 510 g/mol. The lowest BCUT2D eigenvalue weighted by atomic mass is 10.1. The Hall–Kier alpha value is -3.92. The highest BCUT2D eigenvalue weighted by Crippen LogP contribution is 2.32.